The van der Waals surface area contributed by atoms with Crippen LogP contribution in [0.1, 0.15) is 17.0 Å². The highest BCUT2D eigenvalue weighted by Crippen LogP contribution is 2.29. The number of benzene rings is 3. The van der Waals surface area contributed by atoms with Gasteiger partial charge in [-0.2, -0.15) is 4.99 Å². The number of methoxy groups -OCH3 is 1. The van der Waals surface area contributed by atoms with E-state index in [4.69, 9.17) is 4.74 Å². The van der Waals surface area contributed by atoms with Gasteiger partial charge in [-0.1, -0.05) is 84.1 Å². The Bertz CT molecular complexity index is 1200. The first-order valence-corrected chi connectivity index (χ1v) is 10.5. The van der Waals surface area contributed by atoms with Gasteiger partial charge in [-0.05, 0) is 23.3 Å². The third kappa shape index (κ3) is 3.84. The van der Waals surface area contributed by atoms with E-state index < -0.39 is 5.92 Å². The zero-order valence-electron chi connectivity index (χ0n) is 16.7. The third-order valence-electron chi connectivity index (χ3n) is 4.91. The Kier molecular flexibility index (Phi) is 5.91. The molecule has 30 heavy (non-hydrogen) atoms. The van der Waals surface area contributed by atoms with Crippen molar-refractivity contribution in [2.45, 2.75) is 12.5 Å². The van der Waals surface area contributed by atoms with Crippen LogP contribution in [-0.2, 0) is 11.3 Å². The maximum Gasteiger partial charge on any atom is 0.260 e. The molecule has 0 bridgehead atoms. The van der Waals surface area contributed by atoms with Gasteiger partial charge in [0, 0.05) is 6.54 Å². The number of allylic oxidation sites excluding steroid dienone is 1. The molecule has 1 amide bonds. The van der Waals surface area contributed by atoms with Crippen molar-refractivity contribution < 1.29 is 9.53 Å². The Hall–Kier alpha value is -3.44. The van der Waals surface area contributed by atoms with Gasteiger partial charge in [0.2, 0.25) is 0 Å². The van der Waals surface area contributed by atoms with Crippen LogP contribution in [0, 0.1) is 0 Å². The summed E-state index contributed by atoms with van der Waals surface area (Å²) in [6.45, 7) is 4.40. The van der Waals surface area contributed by atoms with Gasteiger partial charge in [0.05, 0.1) is 17.7 Å². The summed E-state index contributed by atoms with van der Waals surface area (Å²) in [6, 6.07) is 25.4. The van der Waals surface area contributed by atoms with E-state index in [0.29, 0.717) is 11.3 Å². The molecule has 3 aromatic carbocycles. The summed E-state index contributed by atoms with van der Waals surface area (Å²) in [5, 5.41) is 0. The largest absolute Gasteiger partial charge is 0.495 e. The number of hydrogen-bond acceptors (Lipinski definition) is 3. The number of amides is 1. The molecule has 4 rings (SSSR count). The molecule has 0 aliphatic rings. The highest BCUT2D eigenvalue weighted by Gasteiger charge is 2.23. The number of thiazole rings is 1. The quantitative estimate of drug-likeness (QED) is 0.409. The number of para-hydroxylation sites is 1. The monoisotopic (exact) mass is 414 g/mol. The highest BCUT2D eigenvalue weighted by atomic mass is 32.1. The summed E-state index contributed by atoms with van der Waals surface area (Å²) >= 11 is 1.48. The summed E-state index contributed by atoms with van der Waals surface area (Å²) in [5.74, 6) is 0.0922. The molecule has 0 aliphatic heterocycles. The van der Waals surface area contributed by atoms with Crippen molar-refractivity contribution in [2.24, 2.45) is 4.99 Å². The maximum atomic E-state index is 13.5. The van der Waals surface area contributed by atoms with Crippen molar-refractivity contribution >= 4 is 27.5 Å². The van der Waals surface area contributed by atoms with Crippen LogP contribution >= 0.6 is 11.3 Å². The molecule has 5 heteroatoms. The molecule has 0 N–H and O–H groups in total. The van der Waals surface area contributed by atoms with Crippen LogP contribution in [0.5, 0.6) is 5.75 Å². The highest BCUT2D eigenvalue weighted by molar-refractivity contribution is 7.16. The second kappa shape index (κ2) is 8.93. The van der Waals surface area contributed by atoms with E-state index in [1.54, 1.807) is 13.2 Å². The molecule has 4 aromatic rings. The van der Waals surface area contributed by atoms with Gasteiger partial charge in [0.1, 0.15) is 11.3 Å². The molecule has 0 saturated carbocycles. The molecule has 0 unspecified atom stereocenters. The fourth-order valence-electron chi connectivity index (χ4n) is 3.57. The summed E-state index contributed by atoms with van der Waals surface area (Å²) in [5.41, 5.74) is 2.77. The first-order chi connectivity index (χ1) is 14.7. The molecular formula is C25H22N2O2S. The fourth-order valence-corrected chi connectivity index (χ4v) is 4.64. The lowest BCUT2D eigenvalue weighted by Crippen LogP contribution is -2.20. The fraction of sp³-hybridized carbons (Fsp3) is 0.120. The molecule has 0 atom stereocenters. The van der Waals surface area contributed by atoms with Crippen molar-refractivity contribution in [1.82, 2.24) is 4.57 Å². The van der Waals surface area contributed by atoms with Crippen LogP contribution in [0.15, 0.2) is 96.5 Å². The second-order valence-electron chi connectivity index (χ2n) is 6.80. The first kappa shape index (κ1) is 19.9. The molecule has 150 valence electrons. The van der Waals surface area contributed by atoms with Gasteiger partial charge in [-0.25, -0.2) is 0 Å². The van der Waals surface area contributed by atoms with Crippen LogP contribution < -0.4 is 9.54 Å². The molecule has 0 spiro atoms. The van der Waals surface area contributed by atoms with Crippen molar-refractivity contribution in [3.8, 4) is 5.75 Å². The Labute approximate surface area is 179 Å². The normalized spacial score (nSPS) is 11.7. The molecule has 0 fully saturated rings. The molecule has 0 radical (unpaired) electrons. The summed E-state index contributed by atoms with van der Waals surface area (Å²) < 4.78 is 8.54. The lowest BCUT2D eigenvalue weighted by molar-refractivity contribution is -0.118. The van der Waals surface area contributed by atoms with Gasteiger partial charge in [-0.3, -0.25) is 4.79 Å². The first-order valence-electron chi connectivity index (χ1n) is 9.68. The average molecular weight is 415 g/mol. The van der Waals surface area contributed by atoms with Gasteiger partial charge >= 0.3 is 0 Å². The van der Waals surface area contributed by atoms with E-state index in [9.17, 15) is 4.79 Å². The van der Waals surface area contributed by atoms with E-state index in [-0.39, 0.29) is 5.91 Å². The van der Waals surface area contributed by atoms with Gasteiger partial charge in [0.15, 0.2) is 4.80 Å². The van der Waals surface area contributed by atoms with Gasteiger partial charge in [-0.15, -0.1) is 6.58 Å². The van der Waals surface area contributed by atoms with Crippen LogP contribution in [0.25, 0.3) is 10.2 Å². The minimum Gasteiger partial charge on any atom is -0.495 e. The van der Waals surface area contributed by atoms with Crippen molar-refractivity contribution in [3.05, 3.63) is 107 Å². The van der Waals surface area contributed by atoms with Gasteiger partial charge in [0.25, 0.3) is 5.91 Å². The van der Waals surface area contributed by atoms with Crippen molar-refractivity contribution in [2.75, 3.05) is 7.11 Å². The van der Waals surface area contributed by atoms with E-state index in [0.717, 1.165) is 27.1 Å². The Morgan fingerprint density at radius 3 is 2.23 bits per heavy atom. The van der Waals surface area contributed by atoms with Crippen LogP contribution in [0.3, 0.4) is 0 Å². The number of carbonyl (C=O) groups excluding carboxylic acids is 1. The standard InChI is InChI=1S/C25H22N2O2S/c1-3-17-27-23-20(29-2)15-10-16-21(23)30-25(27)26-24(28)22(18-11-6-4-7-12-18)19-13-8-5-9-14-19/h3-16,22H,1,17H2,2H3. The van der Waals surface area contributed by atoms with Crippen LogP contribution in [-0.4, -0.2) is 17.6 Å². The number of nitrogens with zero attached hydrogens (tertiary/aromatic N) is 2. The number of aromatic nitrogens is 1. The van der Waals surface area contributed by atoms with E-state index in [2.05, 4.69) is 11.6 Å². The zero-order valence-corrected chi connectivity index (χ0v) is 17.5. The maximum absolute atomic E-state index is 13.5. The Morgan fingerprint density at radius 1 is 1.03 bits per heavy atom. The van der Waals surface area contributed by atoms with E-state index >= 15 is 0 Å². The number of fused-ring (bicyclic) bond motifs is 1. The minimum absolute atomic E-state index is 0.198. The Balaban J connectivity index is 1.89. The number of rotatable bonds is 6. The summed E-state index contributed by atoms with van der Waals surface area (Å²) in [4.78, 5) is 18.7. The van der Waals surface area contributed by atoms with Crippen molar-refractivity contribution in [1.29, 1.82) is 0 Å². The topological polar surface area (TPSA) is 43.6 Å². The Morgan fingerprint density at radius 2 is 1.67 bits per heavy atom. The van der Waals surface area contributed by atoms with E-state index in [1.807, 2.05) is 83.4 Å². The molecule has 1 heterocycles. The number of hydrogen-bond donors (Lipinski definition) is 0. The van der Waals surface area contributed by atoms with E-state index in [1.165, 1.54) is 11.3 Å². The SMILES string of the molecule is C=CCn1c(=NC(=O)C(c2ccccc2)c2ccccc2)sc2cccc(OC)c21. The molecule has 0 saturated heterocycles. The second-order valence-corrected chi connectivity index (χ2v) is 7.80. The predicted octanol–water partition coefficient (Wildman–Crippen LogP) is 5.16. The number of ether oxygens (including phenoxy) is 1. The average Bonchev–Trinajstić information content (AvgIpc) is 3.13. The minimum atomic E-state index is -0.461. The van der Waals surface area contributed by atoms with Crippen LogP contribution in [0.2, 0.25) is 0 Å². The lowest BCUT2D eigenvalue weighted by atomic mass is 9.91. The molecular weight excluding hydrogens is 392 g/mol. The summed E-state index contributed by atoms with van der Waals surface area (Å²) in [6.07, 6.45) is 1.80. The third-order valence-corrected chi connectivity index (χ3v) is 5.96. The lowest BCUT2D eigenvalue weighted by Gasteiger charge is -2.14. The smallest absolute Gasteiger partial charge is 0.260 e. The molecule has 0 aliphatic carbocycles. The molecule has 4 nitrogen and oxygen atoms in total. The van der Waals surface area contributed by atoms with Crippen LogP contribution in [0.4, 0.5) is 0 Å². The summed E-state index contributed by atoms with van der Waals surface area (Å²) in [7, 11) is 1.65. The molecule has 1 aromatic heterocycles. The van der Waals surface area contributed by atoms with Crippen molar-refractivity contribution in [3.63, 3.8) is 0 Å². The zero-order chi connectivity index (χ0) is 20.9. The predicted molar refractivity (Wildman–Crippen MR) is 122 cm³/mol. The van der Waals surface area contributed by atoms with Gasteiger partial charge < -0.3 is 9.30 Å². The number of carbonyl (C=O) groups is 1.